The maximum absolute atomic E-state index is 5.97. The summed E-state index contributed by atoms with van der Waals surface area (Å²) in [6.07, 6.45) is 26.8. The molecule has 1 aliphatic heterocycles. The van der Waals surface area contributed by atoms with E-state index in [1.54, 1.807) is 0 Å². The minimum atomic E-state index is 0.101. The van der Waals surface area contributed by atoms with Crippen molar-refractivity contribution in [2.45, 2.75) is 110 Å². The number of hydrogen-bond donors (Lipinski definition) is 2. The second-order valence-electron chi connectivity index (χ2n) is 7.18. The van der Waals surface area contributed by atoms with Crippen LogP contribution >= 0.6 is 0 Å². The zero-order chi connectivity index (χ0) is 17.5. The number of unbranched alkanes of at least 4 members (excludes halogenated alkanes) is 10. The summed E-state index contributed by atoms with van der Waals surface area (Å²) in [5.74, 6) is 0. The summed E-state index contributed by atoms with van der Waals surface area (Å²) >= 11 is 0. The third kappa shape index (κ3) is 10.0. The molecule has 140 valence electrons. The minimum Gasteiger partial charge on any atom is -0.370 e. The van der Waals surface area contributed by atoms with Gasteiger partial charge < -0.3 is 16.0 Å². The van der Waals surface area contributed by atoms with Crippen LogP contribution in [0.15, 0.2) is 24.6 Å². The molecule has 0 aromatic carbocycles. The number of allylic oxidation sites excluding steroid dienone is 2. The number of hydrogen-bond acceptors (Lipinski definition) is 3. The Morgan fingerprint density at radius 1 is 0.958 bits per heavy atom. The second kappa shape index (κ2) is 14.4. The number of rotatable bonds is 15. The summed E-state index contributed by atoms with van der Waals surface area (Å²) in [5, 5.41) is 3.40. The molecule has 24 heavy (non-hydrogen) atoms. The van der Waals surface area contributed by atoms with Crippen LogP contribution in [-0.2, 0) is 0 Å². The van der Waals surface area contributed by atoms with Gasteiger partial charge in [-0.15, -0.1) is 0 Å². The third-order valence-corrected chi connectivity index (χ3v) is 4.87. The third-order valence-electron chi connectivity index (χ3n) is 4.87. The predicted octanol–water partition coefficient (Wildman–Crippen LogP) is 5.64. The van der Waals surface area contributed by atoms with Crippen molar-refractivity contribution in [1.29, 1.82) is 0 Å². The molecule has 0 amide bonds. The van der Waals surface area contributed by atoms with Gasteiger partial charge in [-0.2, -0.15) is 0 Å². The number of nitrogens with zero attached hydrogens (tertiary/aromatic N) is 1. The highest BCUT2D eigenvalue weighted by atomic mass is 15.3. The summed E-state index contributed by atoms with van der Waals surface area (Å²) in [6.45, 7) is 4.25. The van der Waals surface area contributed by atoms with Crippen molar-refractivity contribution in [3.8, 4) is 0 Å². The molecule has 0 saturated carbocycles. The second-order valence-corrected chi connectivity index (χ2v) is 7.18. The van der Waals surface area contributed by atoms with Crippen LogP contribution < -0.4 is 11.1 Å². The fourth-order valence-corrected chi connectivity index (χ4v) is 3.38. The Balaban J connectivity index is 1.80. The molecule has 3 N–H and O–H groups in total. The van der Waals surface area contributed by atoms with E-state index in [2.05, 4.69) is 35.5 Å². The molecule has 0 radical (unpaired) electrons. The minimum absolute atomic E-state index is 0.101. The van der Waals surface area contributed by atoms with E-state index in [1.165, 1.54) is 83.5 Å². The highest BCUT2D eigenvalue weighted by Gasteiger charge is 2.20. The molecule has 2 atom stereocenters. The maximum Gasteiger partial charge on any atom is 0.0995 e. The lowest BCUT2D eigenvalue weighted by Gasteiger charge is -2.28. The van der Waals surface area contributed by atoms with Gasteiger partial charge in [0.1, 0.15) is 0 Å². The molecule has 3 nitrogen and oxygen atoms in total. The van der Waals surface area contributed by atoms with E-state index in [-0.39, 0.29) is 6.17 Å². The quantitative estimate of drug-likeness (QED) is 0.300. The normalized spacial score (nSPS) is 18.5. The van der Waals surface area contributed by atoms with E-state index in [0.29, 0.717) is 6.17 Å². The fraction of sp³-hybridized carbons (Fsp3) is 0.810. The van der Waals surface area contributed by atoms with Crippen molar-refractivity contribution in [1.82, 2.24) is 10.2 Å². The Hall–Kier alpha value is -0.960. The summed E-state index contributed by atoms with van der Waals surface area (Å²) in [4.78, 5) is 2.22. The fourth-order valence-electron chi connectivity index (χ4n) is 3.38. The molecule has 1 rings (SSSR count). The van der Waals surface area contributed by atoms with Crippen LogP contribution in [0.25, 0.3) is 0 Å². The van der Waals surface area contributed by atoms with E-state index in [4.69, 9.17) is 5.73 Å². The van der Waals surface area contributed by atoms with Crippen molar-refractivity contribution < 1.29 is 0 Å². The van der Waals surface area contributed by atoms with Crippen LogP contribution in [-0.4, -0.2) is 17.2 Å². The van der Waals surface area contributed by atoms with Crippen LogP contribution in [0, 0.1) is 0 Å². The average molecular weight is 336 g/mol. The molecule has 0 bridgehead atoms. The molecule has 1 aliphatic rings. The molecule has 2 unspecified atom stereocenters. The number of nitrogens with two attached hydrogens (primary N) is 1. The van der Waals surface area contributed by atoms with Crippen LogP contribution in [0.3, 0.4) is 0 Å². The molecule has 0 aliphatic carbocycles. The molecule has 0 saturated heterocycles. The average Bonchev–Trinajstić information content (AvgIpc) is 3.04. The topological polar surface area (TPSA) is 41.3 Å². The van der Waals surface area contributed by atoms with Crippen LogP contribution in [0.4, 0.5) is 0 Å². The molecule has 0 fully saturated rings. The van der Waals surface area contributed by atoms with Crippen LogP contribution in [0.2, 0.25) is 0 Å². The highest BCUT2D eigenvalue weighted by molar-refractivity contribution is 4.95. The summed E-state index contributed by atoms with van der Waals surface area (Å²) in [6, 6.07) is 0. The van der Waals surface area contributed by atoms with E-state index < -0.39 is 0 Å². The van der Waals surface area contributed by atoms with Gasteiger partial charge in [-0.3, -0.25) is 0 Å². The van der Waals surface area contributed by atoms with E-state index in [0.717, 1.165) is 0 Å². The maximum atomic E-state index is 5.97. The molecule has 0 aromatic heterocycles. The smallest absolute Gasteiger partial charge is 0.0995 e. The van der Waals surface area contributed by atoms with Crippen molar-refractivity contribution in [2.24, 2.45) is 5.73 Å². The first-order valence-electron chi connectivity index (χ1n) is 10.4. The Kier molecular flexibility index (Phi) is 12.6. The van der Waals surface area contributed by atoms with Gasteiger partial charge in [0.05, 0.1) is 12.3 Å². The SMILES string of the molecule is CC/C=C/CCCCCCCCCCCCC1NC=CN1C(C)N. The zero-order valence-electron chi connectivity index (χ0n) is 16.2. The molecular weight excluding hydrogens is 294 g/mol. The Morgan fingerprint density at radius 2 is 1.54 bits per heavy atom. The zero-order valence-corrected chi connectivity index (χ0v) is 16.2. The van der Waals surface area contributed by atoms with Crippen LogP contribution in [0.1, 0.15) is 97.3 Å². The first kappa shape index (κ1) is 21.1. The van der Waals surface area contributed by atoms with Gasteiger partial charge in [0.25, 0.3) is 0 Å². The summed E-state index contributed by atoms with van der Waals surface area (Å²) in [5.41, 5.74) is 5.97. The van der Waals surface area contributed by atoms with Crippen molar-refractivity contribution in [2.75, 3.05) is 0 Å². The lowest BCUT2D eigenvalue weighted by molar-refractivity contribution is 0.208. The number of nitrogens with one attached hydrogen (secondary N) is 1. The largest absolute Gasteiger partial charge is 0.370 e. The van der Waals surface area contributed by atoms with E-state index in [9.17, 15) is 0 Å². The van der Waals surface area contributed by atoms with Crippen molar-refractivity contribution >= 4 is 0 Å². The molecule has 1 heterocycles. The summed E-state index contributed by atoms with van der Waals surface area (Å²) in [7, 11) is 0. The van der Waals surface area contributed by atoms with E-state index in [1.807, 2.05) is 13.1 Å². The monoisotopic (exact) mass is 335 g/mol. The van der Waals surface area contributed by atoms with Crippen molar-refractivity contribution in [3.63, 3.8) is 0 Å². The molecule has 3 heteroatoms. The van der Waals surface area contributed by atoms with Gasteiger partial charge in [0.15, 0.2) is 0 Å². The molecular formula is C21H41N3. The van der Waals surface area contributed by atoms with Crippen LogP contribution in [0.5, 0.6) is 0 Å². The Bertz CT molecular complexity index is 336. The van der Waals surface area contributed by atoms with Gasteiger partial charge in [-0.1, -0.05) is 70.4 Å². The molecule has 0 aromatic rings. The molecule has 0 spiro atoms. The summed E-state index contributed by atoms with van der Waals surface area (Å²) < 4.78 is 0. The first-order chi connectivity index (χ1) is 11.8. The van der Waals surface area contributed by atoms with Gasteiger partial charge >= 0.3 is 0 Å². The van der Waals surface area contributed by atoms with Gasteiger partial charge in [0, 0.05) is 12.4 Å². The Labute approximate surface area is 150 Å². The predicted molar refractivity (Wildman–Crippen MR) is 106 cm³/mol. The lowest BCUT2D eigenvalue weighted by Crippen LogP contribution is -2.44. The van der Waals surface area contributed by atoms with Gasteiger partial charge in [-0.05, 0) is 39.0 Å². The van der Waals surface area contributed by atoms with Crippen molar-refractivity contribution in [3.05, 3.63) is 24.6 Å². The standard InChI is InChI=1S/C21H41N3/c1-3-4-5-6-7-8-9-10-11-12-13-14-15-16-17-21-23-18-19-24(21)20(2)22/h4-5,18-21,23H,3,6-17,22H2,1-2H3/b5-4+. The Morgan fingerprint density at radius 3 is 2.12 bits per heavy atom. The highest BCUT2D eigenvalue weighted by Crippen LogP contribution is 2.16. The van der Waals surface area contributed by atoms with E-state index >= 15 is 0 Å². The first-order valence-corrected chi connectivity index (χ1v) is 10.4. The lowest BCUT2D eigenvalue weighted by atomic mass is 10.0. The van der Waals surface area contributed by atoms with Gasteiger partial charge in [-0.25, -0.2) is 0 Å². The van der Waals surface area contributed by atoms with Gasteiger partial charge in [0.2, 0.25) is 0 Å².